The van der Waals surface area contributed by atoms with Gasteiger partial charge in [0.1, 0.15) is 34.8 Å². The minimum absolute atomic E-state index is 0.00811. The average Bonchev–Trinajstić information content (AvgIpc) is 4.31. The molecular weight excluding hydrogens is 1010 g/mol. The Labute approximate surface area is 451 Å². The van der Waals surface area contributed by atoms with Crippen LogP contribution in [0.25, 0.3) is 0 Å². The molecule has 4 bridgehead atoms. The number of nitrogens with one attached hydrogen (secondary N) is 2. The Kier molecular flexibility index (Phi) is 30.1. The molecule has 27 nitrogen and oxygen atoms in total. The number of aromatic nitrogens is 6. The Morgan fingerprint density at radius 1 is 0.584 bits per heavy atom. The van der Waals surface area contributed by atoms with Gasteiger partial charge in [-0.05, 0) is 44.9 Å². The van der Waals surface area contributed by atoms with E-state index in [1.807, 2.05) is 6.92 Å². The van der Waals surface area contributed by atoms with Gasteiger partial charge in [-0.3, -0.25) is 9.59 Å². The normalized spacial score (nSPS) is 26.4. The van der Waals surface area contributed by atoms with Crippen LogP contribution in [0.1, 0.15) is 83.5 Å². The summed E-state index contributed by atoms with van der Waals surface area (Å²) in [6.07, 6.45) is 4.67. The first-order chi connectivity index (χ1) is 37.4. The number of aliphatic hydroxyl groups is 4. The van der Waals surface area contributed by atoms with Gasteiger partial charge in [0.15, 0.2) is 12.6 Å². The van der Waals surface area contributed by atoms with Crippen LogP contribution in [-0.4, -0.2) is 236 Å². The van der Waals surface area contributed by atoms with Gasteiger partial charge in [0.25, 0.3) is 0 Å². The lowest BCUT2D eigenvalue weighted by molar-refractivity contribution is -0.240. The molecule has 4 saturated heterocycles. The summed E-state index contributed by atoms with van der Waals surface area (Å²) >= 11 is 0. The van der Waals surface area contributed by atoms with E-state index in [4.69, 9.17) is 62.6 Å². The molecule has 0 spiro atoms. The molecule has 0 aliphatic carbocycles. The Balaban J connectivity index is 0.000000284. The third kappa shape index (κ3) is 22.2. The first-order valence-electron chi connectivity index (χ1n) is 27.3. The molecule has 0 aromatic carbocycles. The van der Waals surface area contributed by atoms with Gasteiger partial charge in [0.2, 0.25) is 11.8 Å². The van der Waals surface area contributed by atoms with E-state index < -0.39 is 48.2 Å². The van der Waals surface area contributed by atoms with Crippen molar-refractivity contribution in [3.63, 3.8) is 0 Å². The number of rotatable bonds is 41. The van der Waals surface area contributed by atoms with Crippen molar-refractivity contribution in [1.29, 1.82) is 0 Å². The molecule has 27 heteroatoms. The molecule has 0 radical (unpaired) electrons. The van der Waals surface area contributed by atoms with E-state index in [1.165, 1.54) is 0 Å². The quantitative estimate of drug-likeness (QED) is 0.0392. The molecule has 4 aliphatic rings. The predicted octanol–water partition coefficient (Wildman–Crippen LogP) is -1.01. The summed E-state index contributed by atoms with van der Waals surface area (Å²) in [4.78, 5) is 22.3. The van der Waals surface area contributed by atoms with E-state index in [-0.39, 0.29) is 56.5 Å². The number of hydrogen-bond donors (Lipinski definition) is 7. The van der Waals surface area contributed by atoms with Gasteiger partial charge in [0, 0.05) is 111 Å². The van der Waals surface area contributed by atoms with Crippen molar-refractivity contribution >= 4 is 11.8 Å². The molecule has 2 aromatic rings. The molecule has 4 aliphatic heterocycles. The highest BCUT2D eigenvalue weighted by Gasteiger charge is 2.59. The van der Waals surface area contributed by atoms with Crippen LogP contribution < -0.4 is 16.4 Å². The van der Waals surface area contributed by atoms with Gasteiger partial charge in [0.05, 0.1) is 83.9 Å². The second kappa shape index (κ2) is 36.0. The molecule has 2 amide bonds. The Bertz CT molecular complexity index is 1910. The van der Waals surface area contributed by atoms with Crippen molar-refractivity contribution in [2.24, 2.45) is 17.6 Å². The van der Waals surface area contributed by atoms with E-state index >= 15 is 0 Å². The van der Waals surface area contributed by atoms with Crippen molar-refractivity contribution in [2.75, 3.05) is 125 Å². The smallest absolute Gasteiger partial charge is 0.233 e. The summed E-state index contributed by atoms with van der Waals surface area (Å²) in [5.41, 5.74) is 4.46. The third-order valence-electron chi connectivity index (χ3n) is 13.1. The summed E-state index contributed by atoms with van der Waals surface area (Å²) in [6, 6.07) is 0. The van der Waals surface area contributed by atoms with Crippen LogP contribution in [0.2, 0.25) is 0 Å². The van der Waals surface area contributed by atoms with Gasteiger partial charge in [-0.2, -0.15) is 0 Å². The topological polar surface area (TPSA) is 337 Å². The number of fused-ring (bicyclic) bond motifs is 4. The summed E-state index contributed by atoms with van der Waals surface area (Å²) in [5, 5.41) is 63.6. The molecule has 10 atom stereocenters. The van der Waals surface area contributed by atoms with E-state index in [2.05, 4.69) is 31.3 Å². The Hall–Kier alpha value is -3.46. The molecule has 0 saturated carbocycles. The van der Waals surface area contributed by atoms with Crippen molar-refractivity contribution in [2.45, 2.75) is 147 Å². The van der Waals surface area contributed by atoms with Crippen LogP contribution in [0.3, 0.4) is 0 Å². The van der Waals surface area contributed by atoms with Crippen LogP contribution in [0.15, 0.2) is 12.4 Å². The largest absolute Gasteiger partial charge is 0.390 e. The van der Waals surface area contributed by atoms with Crippen molar-refractivity contribution in [1.82, 2.24) is 40.6 Å². The van der Waals surface area contributed by atoms with Crippen molar-refractivity contribution in [3.05, 3.63) is 23.8 Å². The third-order valence-corrected chi connectivity index (χ3v) is 13.1. The lowest BCUT2D eigenvalue weighted by Gasteiger charge is -2.41. The van der Waals surface area contributed by atoms with Crippen LogP contribution in [-0.2, 0) is 92.7 Å². The van der Waals surface area contributed by atoms with Gasteiger partial charge >= 0.3 is 0 Å². The van der Waals surface area contributed by atoms with Gasteiger partial charge in [-0.1, -0.05) is 31.2 Å². The first kappa shape index (κ1) is 64.4. The monoisotopic (exact) mass is 1100 g/mol. The zero-order valence-electron chi connectivity index (χ0n) is 45.5. The maximum absolute atomic E-state index is 11.3. The second-order valence-electron chi connectivity index (χ2n) is 19.7. The predicted molar refractivity (Wildman–Crippen MR) is 271 cm³/mol. The molecular formula is C50H89N9O18. The van der Waals surface area contributed by atoms with Crippen LogP contribution in [0.5, 0.6) is 0 Å². The van der Waals surface area contributed by atoms with Crippen LogP contribution in [0, 0.1) is 11.8 Å². The minimum atomic E-state index is -1.07. The molecule has 442 valence electrons. The number of nitrogens with two attached hydrogens (primary N) is 1. The van der Waals surface area contributed by atoms with E-state index in [0.29, 0.717) is 137 Å². The van der Waals surface area contributed by atoms with Gasteiger partial charge in [-0.15, -0.1) is 10.2 Å². The van der Waals surface area contributed by atoms with E-state index in [9.17, 15) is 30.0 Å². The molecule has 8 N–H and O–H groups in total. The van der Waals surface area contributed by atoms with Crippen molar-refractivity contribution in [3.8, 4) is 0 Å². The summed E-state index contributed by atoms with van der Waals surface area (Å²) in [6.45, 7) is 16.3. The molecule has 6 heterocycles. The zero-order chi connectivity index (χ0) is 55.1. The average molecular weight is 1100 g/mol. The number of ether oxygens (including phenoxy) is 12. The number of nitrogens with zero attached hydrogens (tertiary/aromatic N) is 6. The lowest BCUT2D eigenvalue weighted by atomic mass is 9.85. The lowest BCUT2D eigenvalue weighted by Crippen LogP contribution is -2.59. The highest BCUT2D eigenvalue weighted by atomic mass is 16.7. The molecule has 77 heavy (non-hydrogen) atoms. The maximum Gasteiger partial charge on any atom is 0.233 e. The summed E-state index contributed by atoms with van der Waals surface area (Å²) in [5.74, 6) is -0.710. The maximum atomic E-state index is 11.3. The zero-order valence-corrected chi connectivity index (χ0v) is 45.5. The fourth-order valence-corrected chi connectivity index (χ4v) is 8.72. The van der Waals surface area contributed by atoms with Gasteiger partial charge in [-0.25, -0.2) is 9.36 Å². The highest BCUT2D eigenvalue weighted by Crippen LogP contribution is 2.42. The SMILES string of the molecule is CCCC(=O)NCCOCCCOCCCOCCCOCc1cn(C[C@@]23CO[C@@H](O2)[C@H](C)[C@@H](O)[C@H]3O)nn1.C[C@H]1[C@H]2OC[C@](Cn3cc(COCCCOCCCOCCCOCCNC(=O)CN)nn3)(O2)[C@H](O)[C@@H]1O. The molecule has 6 rings (SSSR count). The fourth-order valence-electron chi connectivity index (χ4n) is 8.72. The summed E-state index contributed by atoms with van der Waals surface area (Å²) in [7, 11) is 0. The first-order valence-corrected chi connectivity index (χ1v) is 27.3. The Morgan fingerprint density at radius 2 is 0.935 bits per heavy atom. The number of carbonyl (C=O) groups is 2. The summed E-state index contributed by atoms with van der Waals surface area (Å²) < 4.78 is 70.7. The minimum Gasteiger partial charge on any atom is -0.390 e. The Morgan fingerprint density at radius 3 is 1.30 bits per heavy atom. The molecule has 4 fully saturated rings. The molecule has 2 aromatic heterocycles. The number of aliphatic hydroxyl groups excluding tert-OH is 4. The number of amides is 2. The second-order valence-corrected chi connectivity index (χ2v) is 19.7. The number of hydrogen-bond acceptors (Lipinski definition) is 23. The van der Waals surface area contributed by atoms with E-state index in [0.717, 1.165) is 44.9 Å². The van der Waals surface area contributed by atoms with E-state index in [1.54, 1.807) is 35.6 Å². The van der Waals surface area contributed by atoms with Gasteiger partial charge < -0.3 is 93.6 Å². The molecule has 0 unspecified atom stereocenters. The number of carbonyl (C=O) groups excluding carboxylic acids is 2. The highest BCUT2D eigenvalue weighted by molar-refractivity contribution is 5.77. The van der Waals surface area contributed by atoms with Crippen LogP contribution in [0.4, 0.5) is 0 Å². The fraction of sp³-hybridized carbons (Fsp3) is 0.880. The van der Waals surface area contributed by atoms with Crippen LogP contribution >= 0.6 is 0 Å². The standard InChI is InChI=1S/C26H46N4O9.C24H43N5O9/c1-3-7-22(31)27-8-15-36-13-5-11-34-9-4-10-35-12-6-14-37-17-21-16-30(29-28-21)18-26-19-38-25(39-26)20(2)23(32)24(26)33;1-18-21(31)22(32)24(17-37-23(18)38-24)16-29-14-19(27-28-29)15-36-11-4-9-34-7-2-6-33-8-3-10-35-12-5-26-20(30)13-25/h16,20,23-25,32-33H,3-15,17-19H2,1-2H3,(H,27,31);14,18,21-23,31-32H,2-13,15-17,25H2,1H3,(H,26,30)/t20-,23-,24-,25+,26+;18-,21-,22-,23+,24+/m11/s1. The van der Waals surface area contributed by atoms with Crippen molar-refractivity contribution < 1.29 is 86.9 Å².